The van der Waals surface area contributed by atoms with Crippen LogP contribution in [0, 0.1) is 0 Å². The topological polar surface area (TPSA) is 78.9 Å². The lowest BCUT2D eigenvalue weighted by molar-refractivity contribution is -0.0229. The van der Waals surface area contributed by atoms with Crippen LogP contribution in [0.2, 0.25) is 0 Å². The lowest BCUT2D eigenvalue weighted by atomic mass is 10.2. The minimum Gasteiger partial charge on any atom is -0.392 e. The number of rotatable bonds is 6. The highest BCUT2D eigenvalue weighted by Crippen LogP contribution is 2.12. The summed E-state index contributed by atoms with van der Waals surface area (Å²) in [7, 11) is -3.58. The van der Waals surface area contributed by atoms with Crippen LogP contribution >= 0.6 is 0 Å². The molecule has 1 aliphatic rings. The Kier molecular flexibility index (Phi) is 5.72. The summed E-state index contributed by atoms with van der Waals surface area (Å²) in [5, 5.41) is 9.08. The van der Waals surface area contributed by atoms with Gasteiger partial charge in [0.15, 0.2) is 0 Å². The molecule has 118 valence electrons. The number of hydrogen-bond acceptors (Lipinski definition) is 5. The molecule has 0 spiro atoms. The van der Waals surface area contributed by atoms with E-state index in [2.05, 4.69) is 16.5 Å². The third kappa shape index (κ3) is 4.49. The van der Waals surface area contributed by atoms with Crippen molar-refractivity contribution >= 4 is 10.0 Å². The average molecular weight is 314 g/mol. The second-order valence-corrected chi connectivity index (χ2v) is 6.81. The van der Waals surface area contributed by atoms with E-state index in [-0.39, 0.29) is 24.2 Å². The molecule has 1 aromatic carbocycles. The van der Waals surface area contributed by atoms with Gasteiger partial charge in [0.1, 0.15) is 0 Å². The Bertz CT molecular complexity index is 562. The summed E-state index contributed by atoms with van der Waals surface area (Å²) in [5.74, 6) is 0. The van der Waals surface area contributed by atoms with Gasteiger partial charge in [-0.25, -0.2) is 13.1 Å². The molecule has 1 unspecified atom stereocenters. The van der Waals surface area contributed by atoms with Gasteiger partial charge < -0.3 is 9.84 Å². The molecule has 0 amide bonds. The van der Waals surface area contributed by atoms with Crippen LogP contribution in [-0.4, -0.2) is 57.3 Å². The van der Waals surface area contributed by atoms with Crippen LogP contribution in [-0.2, 0) is 21.4 Å². The molecule has 6 nitrogen and oxygen atoms in total. The zero-order valence-corrected chi connectivity index (χ0v) is 13.0. The molecule has 1 heterocycles. The molecule has 2 N–H and O–H groups in total. The molecule has 0 aliphatic carbocycles. The second kappa shape index (κ2) is 7.33. The van der Waals surface area contributed by atoms with Crippen LogP contribution in [0.25, 0.3) is 0 Å². The first-order chi connectivity index (χ1) is 10.0. The van der Waals surface area contributed by atoms with E-state index in [1.54, 1.807) is 12.1 Å². The minimum absolute atomic E-state index is 0.130. The summed E-state index contributed by atoms with van der Waals surface area (Å²) in [6.45, 7) is 5.33. The summed E-state index contributed by atoms with van der Waals surface area (Å²) in [4.78, 5) is 2.40. The van der Waals surface area contributed by atoms with Gasteiger partial charge in [0.25, 0.3) is 0 Å². The van der Waals surface area contributed by atoms with Gasteiger partial charge in [-0.3, -0.25) is 4.90 Å². The zero-order chi connectivity index (χ0) is 15.3. The summed E-state index contributed by atoms with van der Waals surface area (Å²) in [6, 6.07) is 6.29. The Hall–Kier alpha value is -0.990. The fraction of sp³-hybridized carbons (Fsp3) is 0.571. The summed E-state index contributed by atoms with van der Waals surface area (Å²) < 4.78 is 32.6. The molecule has 1 aromatic rings. The number of aliphatic hydroxyl groups is 1. The molecule has 2 rings (SSSR count). The maximum atomic E-state index is 12.2. The van der Waals surface area contributed by atoms with E-state index in [0.717, 1.165) is 19.6 Å². The van der Waals surface area contributed by atoms with Crippen LogP contribution < -0.4 is 4.72 Å². The van der Waals surface area contributed by atoms with Crippen molar-refractivity contribution in [3.63, 3.8) is 0 Å². The largest absolute Gasteiger partial charge is 0.392 e. The van der Waals surface area contributed by atoms with Crippen molar-refractivity contribution in [2.24, 2.45) is 0 Å². The number of benzene rings is 1. The van der Waals surface area contributed by atoms with Gasteiger partial charge in [-0.2, -0.15) is 0 Å². The van der Waals surface area contributed by atoms with Crippen LogP contribution in [0.1, 0.15) is 12.5 Å². The molecular formula is C14H22N2O4S. The number of nitrogens with one attached hydrogen (secondary N) is 1. The number of hydrogen-bond donors (Lipinski definition) is 2. The van der Waals surface area contributed by atoms with Crippen LogP contribution in [0.15, 0.2) is 29.2 Å². The Balaban J connectivity index is 1.97. The molecule has 0 bridgehead atoms. The van der Waals surface area contributed by atoms with Gasteiger partial charge in [0.2, 0.25) is 10.0 Å². The highest BCUT2D eigenvalue weighted by atomic mass is 32.2. The van der Waals surface area contributed by atoms with E-state index in [4.69, 9.17) is 9.84 Å². The van der Waals surface area contributed by atoms with Crippen molar-refractivity contribution in [3.8, 4) is 0 Å². The summed E-state index contributed by atoms with van der Waals surface area (Å²) in [6.07, 6.45) is -0.130. The molecule has 0 radical (unpaired) electrons. The van der Waals surface area contributed by atoms with Crippen LogP contribution in [0.4, 0.5) is 0 Å². The predicted molar refractivity (Wildman–Crippen MR) is 79.4 cm³/mol. The van der Waals surface area contributed by atoms with Gasteiger partial charge in [-0.15, -0.1) is 0 Å². The third-order valence-corrected chi connectivity index (χ3v) is 4.98. The van der Waals surface area contributed by atoms with Gasteiger partial charge >= 0.3 is 0 Å². The van der Waals surface area contributed by atoms with Crippen molar-refractivity contribution < 1.29 is 18.3 Å². The first-order valence-electron chi connectivity index (χ1n) is 7.08. The smallest absolute Gasteiger partial charge is 0.240 e. The number of nitrogens with zero attached hydrogens (tertiary/aromatic N) is 1. The average Bonchev–Trinajstić information content (AvgIpc) is 2.53. The molecule has 21 heavy (non-hydrogen) atoms. The third-order valence-electron chi connectivity index (χ3n) is 3.56. The van der Waals surface area contributed by atoms with Crippen molar-refractivity contribution in [3.05, 3.63) is 29.8 Å². The monoisotopic (exact) mass is 314 g/mol. The number of aliphatic hydroxyl groups excluding tert-OH is 1. The van der Waals surface area contributed by atoms with E-state index in [1.807, 2.05) is 0 Å². The van der Waals surface area contributed by atoms with Crippen molar-refractivity contribution in [1.29, 1.82) is 0 Å². The Morgan fingerprint density at radius 2 is 2.29 bits per heavy atom. The molecule has 1 atom stereocenters. The van der Waals surface area contributed by atoms with Crippen molar-refractivity contribution in [2.45, 2.75) is 24.5 Å². The van der Waals surface area contributed by atoms with Crippen LogP contribution in [0.5, 0.6) is 0 Å². The van der Waals surface area contributed by atoms with Gasteiger partial charge in [-0.05, 0) is 24.2 Å². The fourth-order valence-electron chi connectivity index (χ4n) is 2.29. The molecule has 1 aliphatic heterocycles. The quantitative estimate of drug-likeness (QED) is 0.783. The first-order valence-corrected chi connectivity index (χ1v) is 8.57. The second-order valence-electron chi connectivity index (χ2n) is 5.04. The maximum absolute atomic E-state index is 12.2. The number of likely N-dealkylation sites (N-methyl/N-ethyl adjacent to an activating group) is 1. The number of morpholine rings is 1. The highest BCUT2D eigenvalue weighted by Gasteiger charge is 2.22. The van der Waals surface area contributed by atoms with Crippen molar-refractivity contribution in [1.82, 2.24) is 9.62 Å². The van der Waals surface area contributed by atoms with E-state index < -0.39 is 10.0 Å². The first kappa shape index (κ1) is 16.4. The summed E-state index contributed by atoms with van der Waals surface area (Å²) in [5.41, 5.74) is 0.573. The van der Waals surface area contributed by atoms with E-state index in [0.29, 0.717) is 12.2 Å². The Labute approximate surface area is 125 Å². The molecule has 0 aromatic heterocycles. The Morgan fingerprint density at radius 1 is 1.48 bits per heavy atom. The molecule has 0 saturated carbocycles. The SMILES string of the molecule is CCN1CCOC(CNS(=O)(=O)c2cccc(CO)c2)C1. The summed E-state index contributed by atoms with van der Waals surface area (Å²) >= 11 is 0. The molecule has 1 saturated heterocycles. The normalized spacial score (nSPS) is 20.6. The van der Waals surface area contributed by atoms with Gasteiger partial charge in [-0.1, -0.05) is 19.1 Å². The number of sulfonamides is 1. The van der Waals surface area contributed by atoms with Gasteiger partial charge in [0, 0.05) is 19.6 Å². The lowest BCUT2D eigenvalue weighted by Crippen LogP contribution is -2.47. The number of ether oxygens (including phenoxy) is 1. The van der Waals surface area contributed by atoms with Crippen LogP contribution in [0.3, 0.4) is 0 Å². The van der Waals surface area contributed by atoms with Crippen molar-refractivity contribution in [2.75, 3.05) is 32.8 Å². The Morgan fingerprint density at radius 3 is 3.00 bits per heavy atom. The van der Waals surface area contributed by atoms with E-state index in [1.165, 1.54) is 12.1 Å². The van der Waals surface area contributed by atoms with Gasteiger partial charge in [0.05, 0.1) is 24.2 Å². The maximum Gasteiger partial charge on any atom is 0.240 e. The zero-order valence-electron chi connectivity index (χ0n) is 12.2. The molecular weight excluding hydrogens is 292 g/mol. The predicted octanol–water partition coefficient (Wildman–Crippen LogP) is 0.178. The minimum atomic E-state index is -3.58. The molecule has 1 fully saturated rings. The standard InChI is InChI=1S/C14H22N2O4S/c1-2-16-6-7-20-13(10-16)9-15-21(18,19)14-5-3-4-12(8-14)11-17/h3-5,8,13,15,17H,2,6-7,9-11H2,1H3. The van der Waals surface area contributed by atoms with E-state index >= 15 is 0 Å². The fourth-order valence-corrected chi connectivity index (χ4v) is 3.42. The highest BCUT2D eigenvalue weighted by molar-refractivity contribution is 7.89. The lowest BCUT2D eigenvalue weighted by Gasteiger charge is -2.32. The molecule has 7 heteroatoms. The van der Waals surface area contributed by atoms with E-state index in [9.17, 15) is 8.42 Å².